The van der Waals surface area contributed by atoms with Crippen LogP contribution in [0.15, 0.2) is 83.8 Å². The molecule has 3 N–H and O–H groups in total. The highest BCUT2D eigenvalue weighted by atomic mass is 32.2. The number of hydrogen-bond donors (Lipinski definition) is 2. The van der Waals surface area contributed by atoms with Crippen molar-refractivity contribution in [1.82, 2.24) is 9.71 Å². The molecule has 2 atom stereocenters. The lowest BCUT2D eigenvalue weighted by Gasteiger charge is -2.29. The van der Waals surface area contributed by atoms with Crippen LogP contribution in [0, 0.1) is 6.92 Å². The standard InChI is InChI=1S/C28H27N3O5S/c1-18-11-13-24(35-2)22(15-18)28(16-20(17-36-28)19-7-4-3-5-8-19)27(32)31-37(33,34)25-10-6-9-23-21(25)12-14-26(29)30-23/h3-15,20H,16-17H2,1-2H3,(H2,29,30)(H,31,32). The molecule has 1 fully saturated rings. The first kappa shape index (κ1) is 24.7. The highest BCUT2D eigenvalue weighted by Crippen LogP contribution is 2.47. The summed E-state index contributed by atoms with van der Waals surface area (Å²) in [6, 6.07) is 22.9. The molecule has 9 heteroatoms. The molecule has 5 rings (SSSR count). The summed E-state index contributed by atoms with van der Waals surface area (Å²) in [5.41, 5.74) is 6.96. The average molecular weight is 518 g/mol. The molecule has 1 aliphatic heterocycles. The van der Waals surface area contributed by atoms with Crippen LogP contribution in [0.4, 0.5) is 5.82 Å². The van der Waals surface area contributed by atoms with Crippen LogP contribution in [0.3, 0.4) is 0 Å². The quantitative estimate of drug-likeness (QED) is 0.396. The smallest absolute Gasteiger partial charge is 0.270 e. The maximum absolute atomic E-state index is 14.0. The van der Waals surface area contributed by atoms with E-state index in [0.717, 1.165) is 11.1 Å². The number of sulfonamides is 1. The van der Waals surface area contributed by atoms with Crippen molar-refractivity contribution < 1.29 is 22.7 Å². The maximum Gasteiger partial charge on any atom is 0.270 e. The molecule has 1 aliphatic rings. The molecule has 2 heterocycles. The van der Waals surface area contributed by atoms with Crippen LogP contribution in [0.5, 0.6) is 5.75 Å². The number of pyridine rings is 1. The fraction of sp³-hybridized carbons (Fsp3) is 0.214. The fourth-order valence-corrected chi connectivity index (χ4v) is 6.13. The number of carbonyl (C=O) groups excluding carboxylic acids is 1. The first-order chi connectivity index (χ1) is 17.7. The van der Waals surface area contributed by atoms with Gasteiger partial charge < -0.3 is 15.2 Å². The number of hydrogen-bond acceptors (Lipinski definition) is 7. The topological polar surface area (TPSA) is 121 Å². The second kappa shape index (κ2) is 9.49. The Morgan fingerprint density at radius 2 is 1.86 bits per heavy atom. The highest BCUT2D eigenvalue weighted by Gasteiger charge is 2.51. The van der Waals surface area contributed by atoms with Crippen LogP contribution in [0.2, 0.25) is 0 Å². The first-order valence-electron chi connectivity index (χ1n) is 11.8. The van der Waals surface area contributed by atoms with Gasteiger partial charge in [0.1, 0.15) is 11.6 Å². The van der Waals surface area contributed by atoms with Crippen molar-refractivity contribution in [1.29, 1.82) is 0 Å². The number of nitrogens with two attached hydrogens (primary N) is 1. The Hall–Kier alpha value is -3.95. The number of nitrogens with one attached hydrogen (secondary N) is 1. The number of aryl methyl sites for hydroxylation is 1. The van der Waals surface area contributed by atoms with Gasteiger partial charge in [0.15, 0.2) is 5.60 Å². The number of ether oxygens (including phenoxy) is 2. The molecule has 0 saturated carbocycles. The minimum atomic E-state index is -4.30. The SMILES string of the molecule is COc1ccc(C)cc1C1(C(=O)NS(=O)(=O)c2cccc3nc(N)ccc23)CC(c2ccccc2)CO1. The van der Waals surface area contributed by atoms with E-state index in [9.17, 15) is 13.2 Å². The molecule has 1 aromatic heterocycles. The largest absolute Gasteiger partial charge is 0.496 e. The van der Waals surface area contributed by atoms with E-state index < -0.39 is 21.5 Å². The van der Waals surface area contributed by atoms with Crippen LogP contribution in [-0.2, 0) is 25.2 Å². The third-order valence-electron chi connectivity index (χ3n) is 6.72. The molecular formula is C28H27N3O5S. The van der Waals surface area contributed by atoms with Crippen LogP contribution in [0.1, 0.15) is 29.0 Å². The van der Waals surface area contributed by atoms with E-state index in [1.807, 2.05) is 49.4 Å². The molecule has 1 amide bonds. The zero-order chi connectivity index (χ0) is 26.2. The molecule has 4 aromatic rings. The molecular weight excluding hydrogens is 490 g/mol. The Kier molecular flexibility index (Phi) is 6.35. The Balaban J connectivity index is 1.58. The fourth-order valence-electron chi connectivity index (χ4n) is 4.89. The molecule has 0 aliphatic carbocycles. The molecule has 37 heavy (non-hydrogen) atoms. The number of nitrogen functional groups attached to an aromatic ring is 1. The third kappa shape index (κ3) is 4.52. The molecule has 190 valence electrons. The van der Waals surface area contributed by atoms with Crippen molar-refractivity contribution in [3.05, 3.63) is 95.6 Å². The van der Waals surface area contributed by atoms with Gasteiger partial charge in [-0.3, -0.25) is 4.79 Å². The summed E-state index contributed by atoms with van der Waals surface area (Å²) in [6.45, 7) is 2.13. The number of fused-ring (bicyclic) bond motifs is 1. The number of anilines is 1. The van der Waals surface area contributed by atoms with E-state index in [-0.39, 0.29) is 29.7 Å². The number of rotatable bonds is 6. The van der Waals surface area contributed by atoms with Gasteiger partial charge in [0.2, 0.25) is 0 Å². The lowest BCUT2D eigenvalue weighted by molar-refractivity contribution is -0.140. The van der Waals surface area contributed by atoms with E-state index in [1.165, 1.54) is 19.2 Å². The normalized spacial score (nSPS) is 19.6. The number of benzene rings is 3. The van der Waals surface area contributed by atoms with Gasteiger partial charge in [-0.2, -0.15) is 0 Å². The summed E-state index contributed by atoms with van der Waals surface area (Å²) in [6.07, 6.45) is 0.242. The maximum atomic E-state index is 14.0. The van der Waals surface area contributed by atoms with E-state index in [1.54, 1.807) is 24.3 Å². The molecule has 0 bridgehead atoms. The molecule has 1 saturated heterocycles. The number of methoxy groups -OCH3 is 1. The van der Waals surface area contributed by atoms with Crippen molar-refractivity contribution in [2.24, 2.45) is 0 Å². The predicted molar refractivity (Wildman–Crippen MR) is 141 cm³/mol. The number of amides is 1. The summed E-state index contributed by atoms with van der Waals surface area (Å²) in [4.78, 5) is 18.1. The Bertz CT molecular complexity index is 1590. The molecule has 3 aromatic carbocycles. The van der Waals surface area contributed by atoms with Crippen molar-refractivity contribution in [2.45, 2.75) is 29.8 Å². The summed E-state index contributed by atoms with van der Waals surface area (Å²) < 4.78 is 41.3. The van der Waals surface area contributed by atoms with E-state index in [4.69, 9.17) is 15.2 Å². The van der Waals surface area contributed by atoms with Crippen molar-refractivity contribution in [3.8, 4) is 5.75 Å². The van der Waals surface area contributed by atoms with Gasteiger partial charge in [-0.15, -0.1) is 0 Å². The lowest BCUT2D eigenvalue weighted by Crippen LogP contribution is -2.46. The van der Waals surface area contributed by atoms with Gasteiger partial charge in [0.05, 0.1) is 24.1 Å². The summed E-state index contributed by atoms with van der Waals surface area (Å²) in [7, 11) is -2.79. The van der Waals surface area contributed by atoms with E-state index >= 15 is 0 Å². The van der Waals surface area contributed by atoms with Gasteiger partial charge in [0, 0.05) is 16.9 Å². The molecule has 0 spiro atoms. The predicted octanol–water partition coefficient (Wildman–Crippen LogP) is 4.04. The van der Waals surface area contributed by atoms with E-state index in [2.05, 4.69) is 9.71 Å². The number of aromatic nitrogens is 1. The second-order valence-corrected chi connectivity index (χ2v) is 10.8. The zero-order valence-electron chi connectivity index (χ0n) is 20.5. The van der Waals surface area contributed by atoms with Gasteiger partial charge in [0.25, 0.3) is 15.9 Å². The molecule has 8 nitrogen and oxygen atoms in total. The lowest BCUT2D eigenvalue weighted by atomic mass is 9.83. The monoisotopic (exact) mass is 517 g/mol. The van der Waals surface area contributed by atoms with Gasteiger partial charge in [-0.25, -0.2) is 18.1 Å². The summed E-state index contributed by atoms with van der Waals surface area (Å²) in [5.74, 6) is -0.195. The Morgan fingerprint density at radius 3 is 2.62 bits per heavy atom. The molecule has 0 radical (unpaired) electrons. The van der Waals surface area contributed by atoms with Gasteiger partial charge in [-0.1, -0.05) is 48.0 Å². The van der Waals surface area contributed by atoms with Crippen LogP contribution >= 0.6 is 0 Å². The van der Waals surface area contributed by atoms with Gasteiger partial charge >= 0.3 is 0 Å². The van der Waals surface area contributed by atoms with Crippen molar-refractivity contribution >= 4 is 32.7 Å². The third-order valence-corrected chi connectivity index (χ3v) is 8.11. The van der Waals surface area contributed by atoms with Crippen molar-refractivity contribution in [2.75, 3.05) is 19.5 Å². The minimum absolute atomic E-state index is 0.0742. The summed E-state index contributed by atoms with van der Waals surface area (Å²) in [5, 5.41) is 0.355. The highest BCUT2D eigenvalue weighted by molar-refractivity contribution is 7.90. The number of nitrogens with zero attached hydrogens (tertiary/aromatic N) is 1. The summed E-state index contributed by atoms with van der Waals surface area (Å²) >= 11 is 0. The Morgan fingerprint density at radius 1 is 1.08 bits per heavy atom. The van der Waals surface area contributed by atoms with Gasteiger partial charge in [-0.05, 0) is 55.3 Å². The minimum Gasteiger partial charge on any atom is -0.496 e. The van der Waals surface area contributed by atoms with Crippen molar-refractivity contribution in [3.63, 3.8) is 0 Å². The number of carbonyl (C=O) groups is 1. The molecule has 2 unspecified atom stereocenters. The van der Waals surface area contributed by atoms with E-state index in [0.29, 0.717) is 22.2 Å². The first-order valence-corrected chi connectivity index (χ1v) is 13.3. The van der Waals surface area contributed by atoms with Crippen LogP contribution in [-0.4, -0.2) is 33.0 Å². The zero-order valence-corrected chi connectivity index (χ0v) is 21.3. The average Bonchev–Trinajstić information content (AvgIpc) is 3.35. The Labute approximate surface area is 215 Å². The second-order valence-electron chi connectivity index (χ2n) is 9.15. The van der Waals surface area contributed by atoms with Crippen LogP contribution in [0.25, 0.3) is 10.9 Å². The van der Waals surface area contributed by atoms with Crippen LogP contribution < -0.4 is 15.2 Å².